The average molecular weight is 140 g/mol. The van der Waals surface area contributed by atoms with E-state index < -0.39 is 17.0 Å². The van der Waals surface area contributed by atoms with Crippen LogP contribution in [-0.2, 0) is 25.0 Å². The summed E-state index contributed by atoms with van der Waals surface area (Å²) in [4.78, 5) is 13.3. The maximum atomic E-state index is 9.73. The van der Waals surface area contributed by atoms with Gasteiger partial charge in [-0.2, -0.15) is 8.42 Å². The van der Waals surface area contributed by atoms with Crippen LogP contribution in [0.2, 0.25) is 0 Å². The third kappa shape index (κ3) is 5.38. The third-order valence-electron chi connectivity index (χ3n) is 0.215. The monoisotopic (exact) mass is 140 g/mol. The van der Waals surface area contributed by atoms with Crippen molar-refractivity contribution in [1.82, 2.24) is 0 Å². The fraction of sp³-hybridized carbons (Fsp3) is 0.500. The van der Waals surface area contributed by atoms with Crippen LogP contribution in [-0.4, -0.2) is 14.4 Å². The zero-order valence-corrected chi connectivity index (χ0v) is 4.88. The summed E-state index contributed by atoms with van der Waals surface area (Å²) in [6.07, 6.45) is 0. The van der Waals surface area contributed by atoms with E-state index in [4.69, 9.17) is 0 Å². The smallest absolute Gasteiger partial charge is 0.282 e. The molecule has 8 heavy (non-hydrogen) atoms. The highest BCUT2D eigenvalue weighted by Gasteiger charge is 1.91. The van der Waals surface area contributed by atoms with E-state index in [0.29, 0.717) is 0 Å². The lowest BCUT2D eigenvalue weighted by Gasteiger charge is -1.87. The van der Waals surface area contributed by atoms with Crippen molar-refractivity contribution in [3.8, 4) is 0 Å². The molecule has 5 nitrogen and oxygen atoms in total. The highest BCUT2D eigenvalue weighted by Crippen LogP contribution is 1.76. The fourth-order valence-corrected chi connectivity index (χ4v) is 0.249. The summed E-state index contributed by atoms with van der Waals surface area (Å²) in [5.41, 5.74) is 0. The fourth-order valence-electron chi connectivity index (χ4n) is 0.0829. The van der Waals surface area contributed by atoms with Gasteiger partial charge in [-0.05, 0) is 0 Å². The molecule has 0 radical (unpaired) electrons. The van der Waals surface area contributed by atoms with Crippen molar-refractivity contribution in [2.24, 2.45) is 0 Å². The van der Waals surface area contributed by atoms with E-state index in [2.05, 4.69) is 9.22 Å². The van der Waals surface area contributed by atoms with Gasteiger partial charge in [-0.3, -0.25) is 4.89 Å². The number of carbonyl (C=O) groups excluding carboxylic acids is 1. The van der Waals surface area contributed by atoms with Crippen molar-refractivity contribution < 1.29 is 22.4 Å². The summed E-state index contributed by atoms with van der Waals surface area (Å²) in [6.45, 7) is 1.03. The Labute approximate surface area is 47.3 Å². The van der Waals surface area contributed by atoms with Crippen LogP contribution < -0.4 is 0 Å². The van der Waals surface area contributed by atoms with Crippen molar-refractivity contribution >= 4 is 17.0 Å². The zero-order chi connectivity index (χ0) is 6.57. The van der Waals surface area contributed by atoms with Crippen molar-refractivity contribution in [1.29, 1.82) is 0 Å². The molecule has 0 amide bonds. The second kappa shape index (κ2) is 3.39. The average Bonchev–Trinajstić information content (AvgIpc) is 1.61. The van der Waals surface area contributed by atoms with Crippen LogP contribution in [0.25, 0.3) is 0 Å². The molecule has 0 N–H and O–H groups in total. The second-order valence-electron chi connectivity index (χ2n) is 0.873. The summed E-state index contributed by atoms with van der Waals surface area (Å²) < 4.78 is 22.3. The number of thiol groups is 1. The van der Waals surface area contributed by atoms with Gasteiger partial charge in [0.1, 0.15) is 0 Å². The minimum Gasteiger partial charge on any atom is -0.282 e. The SMILES string of the molecule is CC(=O)OO[SH](=O)=O. The van der Waals surface area contributed by atoms with E-state index in [9.17, 15) is 13.2 Å². The van der Waals surface area contributed by atoms with Gasteiger partial charge in [-0.1, -0.05) is 4.33 Å². The number of hydrogen-bond donors (Lipinski definition) is 1. The van der Waals surface area contributed by atoms with E-state index in [-0.39, 0.29) is 0 Å². The Morgan fingerprint density at radius 1 is 1.50 bits per heavy atom. The zero-order valence-electron chi connectivity index (χ0n) is 3.99. The molecule has 0 aromatic heterocycles. The molecule has 0 aliphatic carbocycles. The van der Waals surface area contributed by atoms with Crippen molar-refractivity contribution in [2.45, 2.75) is 6.92 Å². The molecule has 0 bridgehead atoms. The van der Waals surface area contributed by atoms with Crippen LogP contribution in [0, 0.1) is 0 Å². The Hall–Kier alpha value is -0.620. The maximum Gasteiger partial charge on any atom is 0.340 e. The first-order valence-electron chi connectivity index (χ1n) is 1.62. The van der Waals surface area contributed by atoms with Crippen molar-refractivity contribution in [2.75, 3.05) is 0 Å². The predicted molar refractivity (Wildman–Crippen MR) is 23.2 cm³/mol. The van der Waals surface area contributed by atoms with Crippen LogP contribution in [0.4, 0.5) is 0 Å². The first-order valence-corrected chi connectivity index (χ1v) is 2.72. The Bertz CT molecular complexity index is 139. The standard InChI is InChI=1S/C2H4O5S/c1-2(3)6-7-8(4)5/h8H,1H3. The number of rotatable bonds is 2. The minimum atomic E-state index is -3.08. The van der Waals surface area contributed by atoms with Gasteiger partial charge in [-0.25, -0.2) is 4.79 Å². The Kier molecular flexibility index (Phi) is 3.13. The summed E-state index contributed by atoms with van der Waals surface area (Å²) in [5.74, 6) is -0.802. The first-order chi connectivity index (χ1) is 3.63. The molecule has 0 atom stereocenters. The second-order valence-corrected chi connectivity index (χ2v) is 1.47. The molecular formula is C2H4O5S. The lowest BCUT2D eigenvalue weighted by Crippen LogP contribution is -1.97. The lowest BCUT2D eigenvalue weighted by molar-refractivity contribution is -0.206. The first kappa shape index (κ1) is 7.38. The summed E-state index contributed by atoms with van der Waals surface area (Å²) in [5, 5.41) is 0. The van der Waals surface area contributed by atoms with E-state index in [1.165, 1.54) is 0 Å². The molecule has 0 saturated carbocycles. The molecule has 0 fully saturated rings. The van der Waals surface area contributed by atoms with Crippen molar-refractivity contribution in [3.63, 3.8) is 0 Å². The molecule has 48 valence electrons. The molecule has 0 rings (SSSR count). The van der Waals surface area contributed by atoms with E-state index in [1.807, 2.05) is 0 Å². The van der Waals surface area contributed by atoms with Crippen LogP contribution >= 0.6 is 0 Å². The summed E-state index contributed by atoms with van der Waals surface area (Å²) in [7, 11) is -3.08. The van der Waals surface area contributed by atoms with Gasteiger partial charge in [0.25, 0.3) is 11.0 Å². The maximum absolute atomic E-state index is 9.73. The summed E-state index contributed by atoms with van der Waals surface area (Å²) >= 11 is 0. The largest absolute Gasteiger partial charge is 0.340 e. The highest BCUT2D eigenvalue weighted by molar-refractivity contribution is 7.67. The summed E-state index contributed by atoms with van der Waals surface area (Å²) in [6, 6.07) is 0. The molecule has 0 unspecified atom stereocenters. The predicted octanol–water partition coefficient (Wildman–Crippen LogP) is -0.992. The van der Waals surface area contributed by atoms with Crippen LogP contribution in [0.3, 0.4) is 0 Å². The van der Waals surface area contributed by atoms with Gasteiger partial charge in [0.05, 0.1) is 0 Å². The van der Waals surface area contributed by atoms with Gasteiger partial charge in [0, 0.05) is 6.92 Å². The molecule has 0 heterocycles. The Morgan fingerprint density at radius 3 is 2.12 bits per heavy atom. The van der Waals surface area contributed by atoms with Crippen LogP contribution in [0.5, 0.6) is 0 Å². The van der Waals surface area contributed by atoms with Gasteiger partial charge < -0.3 is 0 Å². The Morgan fingerprint density at radius 2 is 2.00 bits per heavy atom. The normalized spacial score (nSPS) is 9.25. The van der Waals surface area contributed by atoms with Gasteiger partial charge in [-0.15, -0.1) is 0 Å². The minimum absolute atomic E-state index is 0.802. The molecule has 6 heteroatoms. The molecule has 0 saturated heterocycles. The highest BCUT2D eigenvalue weighted by atomic mass is 32.2. The van der Waals surface area contributed by atoms with E-state index in [0.717, 1.165) is 6.92 Å². The third-order valence-corrected chi connectivity index (χ3v) is 0.412. The quantitative estimate of drug-likeness (QED) is 0.303. The molecular weight excluding hydrogens is 136 g/mol. The van der Waals surface area contributed by atoms with Crippen molar-refractivity contribution in [3.05, 3.63) is 0 Å². The molecule has 0 aliphatic heterocycles. The van der Waals surface area contributed by atoms with E-state index >= 15 is 0 Å². The topological polar surface area (TPSA) is 69.7 Å². The van der Waals surface area contributed by atoms with Gasteiger partial charge in [0.2, 0.25) is 0 Å². The van der Waals surface area contributed by atoms with Gasteiger partial charge >= 0.3 is 5.97 Å². The molecule has 0 aliphatic rings. The van der Waals surface area contributed by atoms with Gasteiger partial charge in [0.15, 0.2) is 0 Å². The van der Waals surface area contributed by atoms with Crippen LogP contribution in [0.1, 0.15) is 6.92 Å². The Balaban J connectivity index is 3.32. The lowest BCUT2D eigenvalue weighted by atomic mass is 10.9. The molecule has 0 aromatic carbocycles. The van der Waals surface area contributed by atoms with E-state index in [1.54, 1.807) is 0 Å². The number of carbonyl (C=O) groups is 1. The number of hydrogen-bond acceptors (Lipinski definition) is 5. The van der Waals surface area contributed by atoms with Crippen LogP contribution in [0.15, 0.2) is 0 Å². The molecule has 0 aromatic rings. The molecule has 0 spiro atoms.